The molecule has 4 rings (SSSR count). The summed E-state index contributed by atoms with van der Waals surface area (Å²) in [4.78, 5) is 26.3. The zero-order chi connectivity index (χ0) is 23.5. The molecule has 1 unspecified atom stereocenters. The Balaban J connectivity index is 1.64. The summed E-state index contributed by atoms with van der Waals surface area (Å²) in [5, 5.41) is 0.389. The van der Waals surface area contributed by atoms with E-state index >= 15 is 0 Å². The summed E-state index contributed by atoms with van der Waals surface area (Å²) >= 11 is 6.33. The molecule has 0 saturated carbocycles. The number of carbonyl (C=O) groups is 1. The van der Waals surface area contributed by atoms with E-state index in [1.165, 1.54) is 12.3 Å². The molecule has 174 valence electrons. The van der Waals surface area contributed by atoms with Crippen LogP contribution in [0.5, 0.6) is 0 Å². The number of hydrogen-bond donors (Lipinski definition) is 0. The van der Waals surface area contributed by atoms with Crippen LogP contribution in [0.2, 0.25) is 5.02 Å². The van der Waals surface area contributed by atoms with E-state index in [1.54, 1.807) is 29.2 Å². The van der Waals surface area contributed by atoms with Gasteiger partial charge in [-0.15, -0.1) is 0 Å². The Labute approximate surface area is 198 Å². The molecule has 3 aromatic rings. The SMILES string of the molecule is CCC(C)c1nc(C)c(Cc2c(F)cccc2Cl)c(N2CCN(C(=O)c3ccco3)CC2)n1. The Morgan fingerprint density at radius 3 is 2.55 bits per heavy atom. The van der Waals surface area contributed by atoms with Crippen LogP contribution in [0.1, 0.15) is 59.4 Å². The second kappa shape index (κ2) is 9.91. The van der Waals surface area contributed by atoms with Gasteiger partial charge in [0, 0.05) is 60.4 Å². The molecule has 0 radical (unpaired) electrons. The Hall–Kier alpha value is -2.93. The summed E-state index contributed by atoms with van der Waals surface area (Å²) in [6.07, 6.45) is 2.73. The first-order chi connectivity index (χ1) is 15.9. The molecule has 1 aliphatic heterocycles. The van der Waals surface area contributed by atoms with Gasteiger partial charge in [0.05, 0.1) is 6.26 Å². The first-order valence-corrected chi connectivity index (χ1v) is 11.6. The number of amides is 1. The summed E-state index contributed by atoms with van der Waals surface area (Å²) in [5.41, 5.74) is 2.12. The number of aromatic nitrogens is 2. The molecule has 2 aromatic heterocycles. The smallest absolute Gasteiger partial charge is 0.289 e. The number of benzene rings is 1. The van der Waals surface area contributed by atoms with Crippen LogP contribution in [0.4, 0.5) is 10.2 Å². The Morgan fingerprint density at radius 2 is 1.91 bits per heavy atom. The number of rotatable bonds is 6. The monoisotopic (exact) mass is 470 g/mol. The average Bonchev–Trinajstić information content (AvgIpc) is 3.36. The molecule has 1 saturated heterocycles. The van der Waals surface area contributed by atoms with Crippen LogP contribution in [0.25, 0.3) is 0 Å². The van der Waals surface area contributed by atoms with Gasteiger partial charge >= 0.3 is 0 Å². The summed E-state index contributed by atoms with van der Waals surface area (Å²) in [5.74, 6) is 1.67. The van der Waals surface area contributed by atoms with Gasteiger partial charge in [0.25, 0.3) is 5.91 Å². The molecule has 0 bridgehead atoms. The predicted molar refractivity (Wildman–Crippen MR) is 127 cm³/mol. The van der Waals surface area contributed by atoms with E-state index in [4.69, 9.17) is 26.0 Å². The van der Waals surface area contributed by atoms with E-state index in [0.717, 1.165) is 29.3 Å². The highest BCUT2D eigenvalue weighted by Gasteiger charge is 2.27. The summed E-state index contributed by atoms with van der Waals surface area (Å²) in [6.45, 7) is 8.46. The van der Waals surface area contributed by atoms with Crippen molar-refractivity contribution in [2.24, 2.45) is 0 Å². The molecule has 6 nitrogen and oxygen atoms in total. The number of carbonyl (C=O) groups excluding carboxylic acids is 1. The molecule has 0 aliphatic carbocycles. The van der Waals surface area contributed by atoms with Gasteiger partial charge in [-0.3, -0.25) is 4.79 Å². The van der Waals surface area contributed by atoms with Crippen LogP contribution >= 0.6 is 11.6 Å². The van der Waals surface area contributed by atoms with Crippen molar-refractivity contribution in [3.05, 3.63) is 75.8 Å². The van der Waals surface area contributed by atoms with Crippen LogP contribution in [0.15, 0.2) is 41.0 Å². The van der Waals surface area contributed by atoms with Crippen LogP contribution in [-0.4, -0.2) is 47.0 Å². The molecule has 1 atom stereocenters. The Kier molecular flexibility index (Phi) is 6.98. The molecule has 1 amide bonds. The minimum absolute atomic E-state index is 0.114. The molecule has 8 heteroatoms. The molecule has 1 aliphatic rings. The fourth-order valence-electron chi connectivity index (χ4n) is 4.03. The molecule has 33 heavy (non-hydrogen) atoms. The lowest BCUT2D eigenvalue weighted by Crippen LogP contribution is -2.49. The molecule has 3 heterocycles. The van der Waals surface area contributed by atoms with Crippen molar-refractivity contribution >= 4 is 23.3 Å². The fourth-order valence-corrected chi connectivity index (χ4v) is 4.26. The number of hydrogen-bond acceptors (Lipinski definition) is 5. The molecule has 0 spiro atoms. The van der Waals surface area contributed by atoms with Crippen LogP contribution < -0.4 is 4.90 Å². The van der Waals surface area contributed by atoms with E-state index in [2.05, 4.69) is 18.7 Å². The molecular formula is C25H28ClFN4O2. The van der Waals surface area contributed by atoms with Crippen molar-refractivity contribution in [3.8, 4) is 0 Å². The molecule has 1 aromatic carbocycles. The number of aryl methyl sites for hydroxylation is 1. The van der Waals surface area contributed by atoms with E-state index in [-0.39, 0.29) is 17.6 Å². The first-order valence-electron chi connectivity index (χ1n) is 11.3. The quantitative estimate of drug-likeness (QED) is 0.493. The van der Waals surface area contributed by atoms with Crippen molar-refractivity contribution in [1.29, 1.82) is 0 Å². The van der Waals surface area contributed by atoms with Crippen molar-refractivity contribution in [2.45, 2.75) is 39.5 Å². The van der Waals surface area contributed by atoms with E-state index in [0.29, 0.717) is 48.9 Å². The van der Waals surface area contributed by atoms with Crippen LogP contribution in [0.3, 0.4) is 0 Å². The fraction of sp³-hybridized carbons (Fsp3) is 0.400. The molecule has 1 fully saturated rings. The maximum absolute atomic E-state index is 14.6. The molecule has 0 N–H and O–H groups in total. The first kappa shape index (κ1) is 23.2. The highest BCUT2D eigenvalue weighted by molar-refractivity contribution is 6.31. The lowest BCUT2D eigenvalue weighted by atomic mass is 10.0. The standard InChI is InChI=1S/C25H28ClFN4O2/c1-4-16(2)23-28-17(3)18(15-19-20(26)7-5-8-21(19)27)24(29-23)30-10-12-31(13-11-30)25(32)22-9-6-14-33-22/h5-9,14,16H,4,10-13,15H2,1-3H3. The summed E-state index contributed by atoms with van der Waals surface area (Å²) < 4.78 is 19.9. The number of halogens is 2. The van der Waals surface area contributed by atoms with Gasteiger partial charge in [0.1, 0.15) is 17.5 Å². The van der Waals surface area contributed by atoms with Crippen molar-refractivity contribution in [1.82, 2.24) is 14.9 Å². The Morgan fingerprint density at radius 1 is 1.15 bits per heavy atom. The van der Waals surface area contributed by atoms with Crippen LogP contribution in [-0.2, 0) is 6.42 Å². The maximum Gasteiger partial charge on any atom is 0.289 e. The third-order valence-corrected chi connectivity index (χ3v) is 6.63. The van der Waals surface area contributed by atoms with E-state index in [1.807, 2.05) is 6.92 Å². The van der Waals surface area contributed by atoms with Gasteiger partial charge in [-0.25, -0.2) is 14.4 Å². The second-order valence-corrected chi connectivity index (χ2v) is 8.82. The largest absolute Gasteiger partial charge is 0.459 e. The van der Waals surface area contributed by atoms with E-state index < -0.39 is 0 Å². The lowest BCUT2D eigenvalue weighted by Gasteiger charge is -2.36. The highest BCUT2D eigenvalue weighted by atomic mass is 35.5. The zero-order valence-corrected chi connectivity index (χ0v) is 19.9. The third-order valence-electron chi connectivity index (χ3n) is 6.28. The van der Waals surface area contributed by atoms with Crippen molar-refractivity contribution in [3.63, 3.8) is 0 Å². The minimum atomic E-state index is -0.340. The predicted octanol–water partition coefficient (Wildman–Crippen LogP) is 5.24. The van der Waals surface area contributed by atoms with Gasteiger partial charge in [-0.2, -0.15) is 0 Å². The minimum Gasteiger partial charge on any atom is -0.459 e. The molecular weight excluding hydrogens is 443 g/mol. The number of anilines is 1. The Bertz CT molecular complexity index is 1110. The highest BCUT2D eigenvalue weighted by Crippen LogP contribution is 2.31. The average molecular weight is 471 g/mol. The maximum atomic E-state index is 14.6. The van der Waals surface area contributed by atoms with Gasteiger partial charge in [0.15, 0.2) is 5.76 Å². The number of piperazine rings is 1. The van der Waals surface area contributed by atoms with Gasteiger partial charge in [0.2, 0.25) is 0 Å². The number of furan rings is 1. The van der Waals surface area contributed by atoms with Gasteiger partial charge < -0.3 is 14.2 Å². The van der Waals surface area contributed by atoms with Crippen molar-refractivity contribution in [2.75, 3.05) is 31.1 Å². The summed E-state index contributed by atoms with van der Waals surface area (Å²) in [7, 11) is 0. The normalized spacial score (nSPS) is 15.1. The topological polar surface area (TPSA) is 62.5 Å². The lowest BCUT2D eigenvalue weighted by molar-refractivity contribution is 0.0714. The third kappa shape index (κ3) is 4.88. The summed E-state index contributed by atoms with van der Waals surface area (Å²) in [6, 6.07) is 8.11. The second-order valence-electron chi connectivity index (χ2n) is 8.41. The zero-order valence-electron chi connectivity index (χ0n) is 19.1. The van der Waals surface area contributed by atoms with Gasteiger partial charge in [-0.1, -0.05) is 31.5 Å². The van der Waals surface area contributed by atoms with Crippen molar-refractivity contribution < 1.29 is 13.6 Å². The number of nitrogens with zero attached hydrogens (tertiary/aromatic N) is 4. The van der Waals surface area contributed by atoms with Crippen LogP contribution in [0, 0.1) is 12.7 Å². The van der Waals surface area contributed by atoms with Gasteiger partial charge in [-0.05, 0) is 37.6 Å². The van der Waals surface area contributed by atoms with E-state index in [9.17, 15) is 9.18 Å².